The van der Waals surface area contributed by atoms with E-state index in [1.165, 1.54) is 17.4 Å². The van der Waals surface area contributed by atoms with Gasteiger partial charge in [-0.1, -0.05) is 0 Å². The van der Waals surface area contributed by atoms with Crippen molar-refractivity contribution in [2.45, 2.75) is 4.90 Å². The van der Waals surface area contributed by atoms with Crippen molar-refractivity contribution < 1.29 is 4.92 Å². The second-order valence-corrected chi connectivity index (χ2v) is 4.18. The van der Waals surface area contributed by atoms with Crippen LogP contribution in [0.2, 0.25) is 0 Å². The Morgan fingerprint density at radius 3 is 2.86 bits per heavy atom. The van der Waals surface area contributed by atoms with Gasteiger partial charge in [-0.3, -0.25) is 10.1 Å². The topological polar surface area (TPSA) is 69.2 Å². The molecular formula is C8H6N2O2S2. The van der Waals surface area contributed by atoms with Crippen LogP contribution in [0.1, 0.15) is 0 Å². The van der Waals surface area contributed by atoms with Gasteiger partial charge in [0.15, 0.2) is 0 Å². The first-order chi connectivity index (χ1) is 6.59. The normalized spacial score (nSPS) is 10.6. The number of thiol groups is 1. The maximum atomic E-state index is 10.6. The average Bonchev–Trinajstić information content (AvgIpc) is 2.46. The van der Waals surface area contributed by atoms with Gasteiger partial charge in [0, 0.05) is 26.4 Å². The highest BCUT2D eigenvalue weighted by atomic mass is 32.1. The zero-order valence-corrected chi connectivity index (χ0v) is 8.64. The molecule has 0 unspecified atom stereocenters. The van der Waals surface area contributed by atoms with Gasteiger partial charge in [-0.25, -0.2) is 0 Å². The number of fused-ring (bicyclic) bond motifs is 1. The van der Waals surface area contributed by atoms with Crippen LogP contribution >= 0.6 is 24.0 Å². The van der Waals surface area contributed by atoms with Crippen molar-refractivity contribution >= 4 is 45.4 Å². The van der Waals surface area contributed by atoms with Crippen LogP contribution in [0.15, 0.2) is 22.4 Å². The van der Waals surface area contributed by atoms with E-state index in [1.807, 2.05) is 5.38 Å². The molecule has 0 aliphatic carbocycles. The molecular weight excluding hydrogens is 220 g/mol. The SMILES string of the molecule is Nc1cc2c(S)csc2cc1[N+](=O)[O-]. The van der Waals surface area contributed by atoms with Crippen LogP contribution in [0.25, 0.3) is 10.1 Å². The lowest BCUT2D eigenvalue weighted by molar-refractivity contribution is -0.383. The lowest BCUT2D eigenvalue weighted by atomic mass is 10.2. The van der Waals surface area contributed by atoms with Crippen LogP contribution < -0.4 is 5.73 Å². The molecule has 0 bridgehead atoms. The van der Waals surface area contributed by atoms with Crippen molar-refractivity contribution in [3.05, 3.63) is 27.6 Å². The quantitative estimate of drug-likeness (QED) is 0.340. The highest BCUT2D eigenvalue weighted by molar-refractivity contribution is 7.80. The van der Waals surface area contributed by atoms with Gasteiger partial charge in [0.25, 0.3) is 5.69 Å². The largest absolute Gasteiger partial charge is 0.393 e. The van der Waals surface area contributed by atoms with Gasteiger partial charge in [0.05, 0.1) is 4.92 Å². The smallest absolute Gasteiger partial charge is 0.293 e. The van der Waals surface area contributed by atoms with Crippen molar-refractivity contribution in [3.63, 3.8) is 0 Å². The fourth-order valence-electron chi connectivity index (χ4n) is 1.22. The number of benzene rings is 1. The minimum Gasteiger partial charge on any atom is -0.393 e. The van der Waals surface area contributed by atoms with Crippen molar-refractivity contribution in [3.8, 4) is 0 Å². The number of rotatable bonds is 1. The van der Waals surface area contributed by atoms with Crippen molar-refractivity contribution in [1.29, 1.82) is 0 Å². The number of nitrogens with zero attached hydrogens (tertiary/aromatic N) is 1. The standard InChI is InChI=1S/C8H6N2O2S2/c9-5-1-4-7(13)3-14-8(4)2-6(5)10(11)12/h1-3,13H,9H2. The highest BCUT2D eigenvalue weighted by Gasteiger charge is 2.14. The number of nitrogen functional groups attached to an aromatic ring is 1. The second-order valence-electron chi connectivity index (χ2n) is 2.79. The van der Waals surface area contributed by atoms with E-state index in [0.717, 1.165) is 15.0 Å². The van der Waals surface area contributed by atoms with Crippen molar-refractivity contribution in [2.24, 2.45) is 0 Å². The summed E-state index contributed by atoms with van der Waals surface area (Å²) in [6.07, 6.45) is 0. The molecule has 4 nitrogen and oxygen atoms in total. The average molecular weight is 226 g/mol. The van der Waals surface area contributed by atoms with Crippen LogP contribution in [0.3, 0.4) is 0 Å². The van der Waals surface area contributed by atoms with Gasteiger partial charge in [0.1, 0.15) is 5.69 Å². The highest BCUT2D eigenvalue weighted by Crippen LogP contribution is 2.35. The van der Waals surface area contributed by atoms with Gasteiger partial charge in [-0.15, -0.1) is 24.0 Å². The minimum absolute atomic E-state index is 0.0484. The van der Waals surface area contributed by atoms with E-state index in [1.54, 1.807) is 6.07 Å². The minimum atomic E-state index is -0.479. The molecule has 1 aromatic heterocycles. The van der Waals surface area contributed by atoms with E-state index in [0.29, 0.717) is 0 Å². The summed E-state index contributed by atoms with van der Waals surface area (Å²) in [7, 11) is 0. The summed E-state index contributed by atoms with van der Waals surface area (Å²) >= 11 is 5.64. The Morgan fingerprint density at radius 2 is 2.21 bits per heavy atom. The summed E-state index contributed by atoms with van der Waals surface area (Å²) in [5, 5.41) is 13.3. The molecule has 0 saturated heterocycles. The molecule has 2 rings (SSSR count). The molecule has 0 atom stereocenters. The number of anilines is 1. The van der Waals surface area contributed by atoms with Gasteiger partial charge in [0.2, 0.25) is 0 Å². The molecule has 0 radical (unpaired) electrons. The Hall–Kier alpha value is -1.27. The third-order valence-electron chi connectivity index (χ3n) is 1.90. The summed E-state index contributed by atoms with van der Waals surface area (Å²) in [4.78, 5) is 10.9. The third-order valence-corrected chi connectivity index (χ3v) is 3.39. The zero-order chi connectivity index (χ0) is 10.3. The number of hydrogen-bond donors (Lipinski definition) is 2. The Bertz CT molecular complexity index is 521. The molecule has 1 aromatic carbocycles. The molecule has 2 aromatic rings. The maximum absolute atomic E-state index is 10.6. The first-order valence-corrected chi connectivity index (χ1v) is 5.06. The number of thiophene rings is 1. The number of nitro groups is 1. The number of nitrogens with two attached hydrogens (primary N) is 1. The fraction of sp³-hybridized carbons (Fsp3) is 0. The summed E-state index contributed by atoms with van der Waals surface area (Å²) in [5.74, 6) is 0. The van der Waals surface area contributed by atoms with Gasteiger partial charge in [-0.2, -0.15) is 0 Å². The number of nitro benzene ring substituents is 1. The molecule has 6 heteroatoms. The molecule has 0 spiro atoms. The molecule has 0 amide bonds. The predicted octanol–water partition coefficient (Wildman–Crippen LogP) is 2.68. The first-order valence-electron chi connectivity index (χ1n) is 3.73. The zero-order valence-electron chi connectivity index (χ0n) is 6.93. The van der Waals surface area contributed by atoms with Crippen LogP contribution in [-0.4, -0.2) is 4.92 Å². The molecule has 0 aliphatic heterocycles. The van der Waals surface area contributed by atoms with Crippen LogP contribution in [-0.2, 0) is 0 Å². The fourth-order valence-corrected chi connectivity index (χ4v) is 2.48. The van der Waals surface area contributed by atoms with Crippen LogP contribution in [0.4, 0.5) is 11.4 Å². The molecule has 1 heterocycles. The lowest BCUT2D eigenvalue weighted by Gasteiger charge is -1.97. The molecule has 72 valence electrons. The summed E-state index contributed by atoms with van der Waals surface area (Å²) in [5.41, 5.74) is 5.67. The Balaban J connectivity index is 2.79. The maximum Gasteiger partial charge on any atom is 0.293 e. The molecule has 0 saturated carbocycles. The Morgan fingerprint density at radius 1 is 1.50 bits per heavy atom. The molecule has 0 aliphatic rings. The first kappa shape index (κ1) is 9.29. The summed E-state index contributed by atoms with van der Waals surface area (Å²) < 4.78 is 0.830. The molecule has 0 fully saturated rings. The second kappa shape index (κ2) is 3.14. The van der Waals surface area contributed by atoms with Crippen molar-refractivity contribution in [1.82, 2.24) is 0 Å². The van der Waals surface area contributed by atoms with Gasteiger partial charge < -0.3 is 5.73 Å². The van der Waals surface area contributed by atoms with E-state index in [9.17, 15) is 10.1 Å². The molecule has 14 heavy (non-hydrogen) atoms. The number of hydrogen-bond acceptors (Lipinski definition) is 5. The van der Waals surface area contributed by atoms with Gasteiger partial charge >= 0.3 is 0 Å². The van der Waals surface area contributed by atoms with E-state index in [-0.39, 0.29) is 11.4 Å². The van der Waals surface area contributed by atoms with Crippen LogP contribution in [0, 0.1) is 10.1 Å². The monoisotopic (exact) mass is 226 g/mol. The Kier molecular flexibility index (Phi) is 2.09. The van der Waals surface area contributed by atoms with Gasteiger partial charge in [-0.05, 0) is 6.07 Å². The predicted molar refractivity (Wildman–Crippen MR) is 60.1 cm³/mol. The van der Waals surface area contributed by atoms with Crippen molar-refractivity contribution in [2.75, 3.05) is 5.73 Å². The van der Waals surface area contributed by atoms with E-state index in [4.69, 9.17) is 5.73 Å². The third kappa shape index (κ3) is 1.32. The Labute approximate surface area is 88.9 Å². The lowest BCUT2D eigenvalue weighted by Crippen LogP contribution is -1.94. The van der Waals surface area contributed by atoms with E-state index in [2.05, 4.69) is 12.6 Å². The molecule has 2 N–H and O–H groups in total. The van der Waals surface area contributed by atoms with Crippen LogP contribution in [0.5, 0.6) is 0 Å². The summed E-state index contributed by atoms with van der Waals surface area (Å²) in [6.45, 7) is 0. The van der Waals surface area contributed by atoms with E-state index >= 15 is 0 Å². The summed E-state index contributed by atoms with van der Waals surface area (Å²) in [6, 6.07) is 3.07. The van der Waals surface area contributed by atoms with E-state index < -0.39 is 4.92 Å².